The Morgan fingerprint density at radius 1 is 1.04 bits per heavy atom. The Morgan fingerprint density at radius 2 is 1.71 bits per heavy atom. The van der Waals surface area contributed by atoms with Gasteiger partial charge in [-0.2, -0.15) is 0 Å². The number of methoxy groups -OCH3 is 1. The molecule has 1 heterocycles. The average molecular weight is 447 g/mol. The van der Waals surface area contributed by atoms with Gasteiger partial charge >= 0.3 is 11.9 Å². The lowest BCUT2D eigenvalue weighted by Gasteiger charge is -2.29. The maximum absolute atomic E-state index is 12.1. The molecule has 0 N–H and O–H groups in total. The van der Waals surface area contributed by atoms with Gasteiger partial charge in [-0.1, -0.05) is 18.2 Å². The Labute approximate surface area is 171 Å². The first-order chi connectivity index (χ1) is 13.3. The number of halogens is 1. The number of hydrogen-bond donors (Lipinski definition) is 0. The summed E-state index contributed by atoms with van der Waals surface area (Å²) >= 11 is 3.44. The molecule has 6 nitrogen and oxygen atoms in total. The number of ether oxygens (including phenoxy) is 4. The molecular formula is C21H19BrO6. The van der Waals surface area contributed by atoms with Crippen molar-refractivity contribution >= 4 is 33.9 Å². The molecule has 0 aromatic heterocycles. The third kappa shape index (κ3) is 4.54. The van der Waals surface area contributed by atoms with Crippen LogP contribution in [-0.2, 0) is 25.7 Å². The summed E-state index contributed by atoms with van der Waals surface area (Å²) in [5.41, 5.74) is 1.21. The van der Waals surface area contributed by atoms with Crippen molar-refractivity contribution < 1.29 is 28.5 Å². The van der Waals surface area contributed by atoms with Crippen LogP contribution in [0.3, 0.4) is 0 Å². The predicted octanol–water partition coefficient (Wildman–Crippen LogP) is 4.26. The van der Waals surface area contributed by atoms with E-state index < -0.39 is 17.7 Å². The number of carbonyl (C=O) groups excluding carboxylic acids is 2. The minimum atomic E-state index is -1.27. The van der Waals surface area contributed by atoms with Crippen LogP contribution in [0.15, 0.2) is 52.5 Å². The molecule has 0 amide bonds. The van der Waals surface area contributed by atoms with Crippen LogP contribution in [0.25, 0.3) is 6.08 Å². The monoisotopic (exact) mass is 446 g/mol. The lowest BCUT2D eigenvalue weighted by molar-refractivity contribution is -0.222. The molecule has 0 atom stereocenters. The smallest absolute Gasteiger partial charge is 0.348 e. The van der Waals surface area contributed by atoms with Gasteiger partial charge < -0.3 is 18.9 Å². The summed E-state index contributed by atoms with van der Waals surface area (Å²) in [5.74, 6) is -1.39. The second-order valence-electron chi connectivity index (χ2n) is 6.53. The standard InChI is InChI=1S/C21H19BrO6/c1-21(2)27-19(23)15(20(24)28-21)11-13-8-9-17(25-3)14(10-13)12-26-18-7-5-4-6-16(18)22/h4-11H,12H2,1-3H3. The molecule has 0 radical (unpaired) electrons. The fourth-order valence-corrected chi connectivity index (χ4v) is 3.06. The molecule has 146 valence electrons. The van der Waals surface area contributed by atoms with Crippen molar-refractivity contribution in [1.29, 1.82) is 0 Å². The first-order valence-corrected chi connectivity index (χ1v) is 9.31. The van der Waals surface area contributed by atoms with Gasteiger partial charge in [0.1, 0.15) is 23.7 Å². The molecule has 1 aliphatic rings. The Hall–Kier alpha value is -2.80. The van der Waals surface area contributed by atoms with E-state index in [0.29, 0.717) is 17.1 Å². The summed E-state index contributed by atoms with van der Waals surface area (Å²) in [5, 5.41) is 0. The van der Waals surface area contributed by atoms with Crippen molar-refractivity contribution in [3.05, 3.63) is 63.6 Å². The molecule has 2 aromatic rings. The van der Waals surface area contributed by atoms with Gasteiger partial charge in [-0.15, -0.1) is 0 Å². The number of carbonyl (C=O) groups is 2. The van der Waals surface area contributed by atoms with E-state index in [-0.39, 0.29) is 12.2 Å². The number of hydrogen-bond acceptors (Lipinski definition) is 6. The zero-order chi connectivity index (χ0) is 20.3. The van der Waals surface area contributed by atoms with E-state index in [4.69, 9.17) is 18.9 Å². The predicted molar refractivity (Wildman–Crippen MR) is 106 cm³/mol. The minimum Gasteiger partial charge on any atom is -0.496 e. The van der Waals surface area contributed by atoms with Crippen LogP contribution < -0.4 is 9.47 Å². The van der Waals surface area contributed by atoms with Crippen LogP contribution >= 0.6 is 15.9 Å². The average Bonchev–Trinajstić information content (AvgIpc) is 2.63. The molecule has 28 heavy (non-hydrogen) atoms. The van der Waals surface area contributed by atoms with Crippen LogP contribution in [0.5, 0.6) is 11.5 Å². The van der Waals surface area contributed by atoms with Crippen LogP contribution in [0.1, 0.15) is 25.0 Å². The molecule has 0 saturated carbocycles. The number of benzene rings is 2. The van der Waals surface area contributed by atoms with Gasteiger partial charge in [0.05, 0.1) is 11.6 Å². The molecular weight excluding hydrogens is 428 g/mol. The zero-order valence-electron chi connectivity index (χ0n) is 15.7. The number of rotatable bonds is 5. The van der Waals surface area contributed by atoms with Gasteiger partial charge in [0.15, 0.2) is 0 Å². The Bertz CT molecular complexity index is 926. The maximum atomic E-state index is 12.1. The quantitative estimate of drug-likeness (QED) is 0.388. The van der Waals surface area contributed by atoms with E-state index in [1.165, 1.54) is 19.9 Å². The lowest BCUT2D eigenvalue weighted by atomic mass is 10.1. The molecule has 0 aliphatic carbocycles. The minimum absolute atomic E-state index is 0.165. The summed E-state index contributed by atoms with van der Waals surface area (Å²) in [4.78, 5) is 24.3. The zero-order valence-corrected chi connectivity index (χ0v) is 17.2. The summed E-state index contributed by atoms with van der Waals surface area (Å²) in [7, 11) is 1.56. The van der Waals surface area contributed by atoms with Gasteiger partial charge in [-0.3, -0.25) is 0 Å². The van der Waals surface area contributed by atoms with Gasteiger partial charge in [-0.05, 0) is 51.8 Å². The lowest BCUT2D eigenvalue weighted by Crippen LogP contribution is -2.41. The second kappa shape index (κ2) is 8.06. The van der Waals surface area contributed by atoms with E-state index in [2.05, 4.69) is 15.9 Å². The normalized spacial score (nSPS) is 15.5. The Balaban J connectivity index is 1.86. The third-order valence-corrected chi connectivity index (χ3v) is 4.61. The molecule has 1 fully saturated rings. The fraction of sp³-hybridized carbons (Fsp3) is 0.238. The summed E-state index contributed by atoms with van der Waals surface area (Å²) in [6, 6.07) is 12.8. The van der Waals surface area contributed by atoms with Gasteiger partial charge in [0.2, 0.25) is 0 Å². The van der Waals surface area contributed by atoms with Crippen molar-refractivity contribution in [2.24, 2.45) is 0 Å². The largest absolute Gasteiger partial charge is 0.496 e. The number of esters is 2. The second-order valence-corrected chi connectivity index (χ2v) is 7.38. The van der Waals surface area contributed by atoms with Gasteiger partial charge in [0, 0.05) is 19.4 Å². The highest BCUT2D eigenvalue weighted by molar-refractivity contribution is 9.10. The van der Waals surface area contributed by atoms with Crippen molar-refractivity contribution in [2.45, 2.75) is 26.2 Å². The van der Waals surface area contributed by atoms with Crippen LogP contribution in [-0.4, -0.2) is 24.8 Å². The molecule has 0 spiro atoms. The van der Waals surface area contributed by atoms with Crippen molar-refractivity contribution in [3.8, 4) is 11.5 Å². The van der Waals surface area contributed by atoms with Crippen LogP contribution in [0.2, 0.25) is 0 Å². The number of cyclic esters (lactones) is 2. The first-order valence-electron chi connectivity index (χ1n) is 8.52. The Morgan fingerprint density at radius 3 is 2.36 bits per heavy atom. The van der Waals surface area contributed by atoms with Crippen LogP contribution in [0.4, 0.5) is 0 Å². The molecule has 7 heteroatoms. The van der Waals surface area contributed by atoms with E-state index in [0.717, 1.165) is 10.0 Å². The van der Waals surface area contributed by atoms with E-state index in [1.54, 1.807) is 25.3 Å². The van der Waals surface area contributed by atoms with Crippen molar-refractivity contribution in [3.63, 3.8) is 0 Å². The van der Waals surface area contributed by atoms with E-state index in [9.17, 15) is 9.59 Å². The topological polar surface area (TPSA) is 71.1 Å². The molecule has 1 saturated heterocycles. The fourth-order valence-electron chi connectivity index (χ4n) is 2.66. The molecule has 2 aromatic carbocycles. The van der Waals surface area contributed by atoms with E-state index >= 15 is 0 Å². The highest BCUT2D eigenvalue weighted by Crippen LogP contribution is 2.29. The first kappa shape index (κ1) is 19.9. The summed E-state index contributed by atoms with van der Waals surface area (Å²) in [6.45, 7) is 3.25. The SMILES string of the molecule is COc1ccc(C=C2C(=O)OC(C)(C)OC2=O)cc1COc1ccccc1Br. The van der Waals surface area contributed by atoms with Crippen molar-refractivity contribution in [2.75, 3.05) is 7.11 Å². The van der Waals surface area contributed by atoms with Gasteiger partial charge in [0.25, 0.3) is 5.79 Å². The third-order valence-electron chi connectivity index (χ3n) is 3.95. The highest BCUT2D eigenvalue weighted by atomic mass is 79.9. The summed E-state index contributed by atoms with van der Waals surface area (Å²) in [6.07, 6.45) is 1.43. The Kier molecular flexibility index (Phi) is 5.74. The van der Waals surface area contributed by atoms with E-state index in [1.807, 2.05) is 24.3 Å². The van der Waals surface area contributed by atoms with Crippen molar-refractivity contribution in [1.82, 2.24) is 0 Å². The maximum Gasteiger partial charge on any atom is 0.348 e. The molecule has 0 unspecified atom stereocenters. The number of para-hydroxylation sites is 1. The molecule has 1 aliphatic heterocycles. The summed E-state index contributed by atoms with van der Waals surface area (Å²) < 4.78 is 22.3. The molecule has 3 rings (SSSR count). The van der Waals surface area contributed by atoms with Crippen LogP contribution in [0, 0.1) is 0 Å². The highest BCUT2D eigenvalue weighted by Gasteiger charge is 2.38. The van der Waals surface area contributed by atoms with Gasteiger partial charge in [-0.25, -0.2) is 9.59 Å². The molecule has 0 bridgehead atoms.